The van der Waals surface area contributed by atoms with Gasteiger partial charge in [-0.15, -0.1) is 0 Å². The lowest BCUT2D eigenvalue weighted by molar-refractivity contribution is -0.409. The van der Waals surface area contributed by atoms with Crippen molar-refractivity contribution in [1.29, 1.82) is 5.26 Å². The molecule has 0 aromatic rings. The third kappa shape index (κ3) is 4.73. The quantitative estimate of drug-likeness (QED) is 0.330. The number of nitrogens with zero attached hydrogens (tertiary/aromatic N) is 1. The van der Waals surface area contributed by atoms with Gasteiger partial charge in [0.15, 0.2) is 17.9 Å². The molecule has 3 aliphatic heterocycles. The lowest BCUT2D eigenvalue weighted by Crippen LogP contribution is -2.78. The smallest absolute Gasteiger partial charge is 0.187 e. The van der Waals surface area contributed by atoms with Crippen molar-refractivity contribution < 1.29 is 48.1 Å². The Morgan fingerprint density at radius 2 is 1.67 bits per heavy atom. The van der Waals surface area contributed by atoms with Gasteiger partial charge in [0.05, 0.1) is 65.7 Å². The second-order valence-electron chi connectivity index (χ2n) is 16.7. The maximum atomic E-state index is 13.0. The first-order valence-electron chi connectivity index (χ1n) is 17.5. The Bertz CT molecular complexity index is 1220. The minimum atomic E-state index is -1.23. The zero-order valence-corrected chi connectivity index (χ0v) is 28.8. The fourth-order valence-corrected chi connectivity index (χ4v) is 11.2. The molecule has 7 aliphatic rings. The number of hydrogen-bond acceptors (Lipinski definition) is 11. The highest BCUT2D eigenvalue weighted by molar-refractivity contribution is 5.26. The maximum Gasteiger partial charge on any atom is 0.187 e. The molecule has 0 amide bonds. The van der Waals surface area contributed by atoms with Crippen molar-refractivity contribution in [1.82, 2.24) is 0 Å². The number of hydrogen-bond donors (Lipinski definition) is 2. The standard InChI is InChI=1S/C35H55NO10/c1-19-20(2)42-29(28-27(19)45-31(5,6)46-28)43-22-13-25-34(17-41-30(3,4)44-25)26-23(10-11-33(34,37)14-22)35(38)12-9-21(16-36)32(35,7)15-24(26)40-18-39-8/h19-29,37-38H,9-15,17-18H2,1-8H3/t19-,20-,21+,22-,23?,24+,25+,26?,27+,28+,29-,32+,33-,34+,35-/m0/s1. The summed E-state index contributed by atoms with van der Waals surface area (Å²) in [4.78, 5) is 0. The molecule has 11 nitrogen and oxygen atoms in total. The van der Waals surface area contributed by atoms with Gasteiger partial charge in [0.2, 0.25) is 0 Å². The van der Waals surface area contributed by atoms with E-state index in [1.165, 1.54) is 0 Å². The van der Waals surface area contributed by atoms with Crippen LogP contribution in [-0.2, 0) is 37.9 Å². The summed E-state index contributed by atoms with van der Waals surface area (Å²) in [5, 5.41) is 35.8. The van der Waals surface area contributed by atoms with Gasteiger partial charge in [-0.3, -0.25) is 0 Å². The highest BCUT2D eigenvalue weighted by Gasteiger charge is 2.77. The predicted molar refractivity (Wildman–Crippen MR) is 163 cm³/mol. The second-order valence-corrected chi connectivity index (χ2v) is 16.7. The van der Waals surface area contributed by atoms with E-state index in [0.717, 1.165) is 0 Å². The van der Waals surface area contributed by atoms with E-state index in [0.29, 0.717) is 44.9 Å². The summed E-state index contributed by atoms with van der Waals surface area (Å²) in [6.07, 6.45) is 1.08. The van der Waals surface area contributed by atoms with Gasteiger partial charge in [0.25, 0.3) is 0 Å². The number of nitriles is 1. The minimum Gasteiger partial charge on any atom is -0.389 e. The van der Waals surface area contributed by atoms with Gasteiger partial charge in [-0.1, -0.05) is 13.8 Å². The molecule has 15 atom stereocenters. The van der Waals surface area contributed by atoms with Crippen molar-refractivity contribution in [2.75, 3.05) is 20.5 Å². The lowest BCUT2D eigenvalue weighted by atomic mass is 9.40. The summed E-state index contributed by atoms with van der Waals surface area (Å²) in [6, 6.07) is 2.51. The molecule has 0 bridgehead atoms. The molecule has 2 N–H and O–H groups in total. The van der Waals surface area contributed by atoms with Crippen LogP contribution in [0.4, 0.5) is 0 Å². The molecule has 2 unspecified atom stereocenters. The van der Waals surface area contributed by atoms with Crippen molar-refractivity contribution in [3.05, 3.63) is 0 Å². The molecular weight excluding hydrogens is 594 g/mol. The summed E-state index contributed by atoms with van der Waals surface area (Å²) < 4.78 is 51.0. The molecule has 260 valence electrons. The fourth-order valence-electron chi connectivity index (χ4n) is 11.2. The Kier molecular flexibility index (Phi) is 8.06. The lowest BCUT2D eigenvalue weighted by Gasteiger charge is -2.71. The van der Waals surface area contributed by atoms with E-state index in [2.05, 4.69) is 19.9 Å². The van der Waals surface area contributed by atoms with Crippen LogP contribution in [0.15, 0.2) is 0 Å². The average molecular weight is 650 g/mol. The third-order valence-corrected chi connectivity index (χ3v) is 13.6. The molecule has 0 aromatic carbocycles. The highest BCUT2D eigenvalue weighted by atomic mass is 16.8. The van der Waals surface area contributed by atoms with Gasteiger partial charge in [-0.25, -0.2) is 0 Å². The van der Waals surface area contributed by atoms with Gasteiger partial charge in [0.1, 0.15) is 12.9 Å². The molecule has 0 aromatic heterocycles. The summed E-state index contributed by atoms with van der Waals surface area (Å²) in [5.74, 6) is -2.27. The molecular formula is C35H55NO10. The Morgan fingerprint density at radius 3 is 2.39 bits per heavy atom. The molecule has 1 spiro atoms. The number of methoxy groups -OCH3 is 1. The number of rotatable bonds is 5. The van der Waals surface area contributed by atoms with Crippen LogP contribution >= 0.6 is 0 Å². The van der Waals surface area contributed by atoms with E-state index in [1.54, 1.807) is 7.11 Å². The van der Waals surface area contributed by atoms with Crippen molar-refractivity contribution >= 4 is 0 Å². The molecule has 4 aliphatic carbocycles. The monoisotopic (exact) mass is 649 g/mol. The largest absolute Gasteiger partial charge is 0.389 e. The number of aliphatic hydroxyl groups is 2. The molecule has 7 fully saturated rings. The van der Waals surface area contributed by atoms with Gasteiger partial charge in [-0.2, -0.15) is 5.26 Å². The van der Waals surface area contributed by atoms with Crippen LogP contribution in [0.5, 0.6) is 0 Å². The Balaban J connectivity index is 1.25. The SMILES string of the molecule is COCO[C@@H]1C[C@]2(C)[C@@H](C#N)CC[C@]2(O)C2CC[C@]3(O)C[C@@H](O[C@@H]4O[C@@H](C)[C@H](C)[C@H]5OC(C)(C)O[C@@H]45)C[C@H]4OC(C)(C)OC[C@]43C21. The zero-order chi connectivity index (χ0) is 33.1. The summed E-state index contributed by atoms with van der Waals surface area (Å²) in [6.45, 7) is 14.2. The summed E-state index contributed by atoms with van der Waals surface area (Å²) in [7, 11) is 1.60. The highest BCUT2D eigenvalue weighted by Crippen LogP contribution is 2.71. The number of fused-ring (bicyclic) bond motifs is 4. The third-order valence-electron chi connectivity index (χ3n) is 13.6. The first kappa shape index (κ1) is 33.6. The first-order valence-corrected chi connectivity index (χ1v) is 17.5. The van der Waals surface area contributed by atoms with Crippen molar-refractivity contribution in [2.45, 2.75) is 159 Å². The van der Waals surface area contributed by atoms with Crippen LogP contribution in [0.1, 0.15) is 93.4 Å². The number of ether oxygens (including phenoxy) is 8. The van der Waals surface area contributed by atoms with E-state index >= 15 is 0 Å². The van der Waals surface area contributed by atoms with Gasteiger partial charge in [-0.05, 0) is 72.6 Å². The summed E-state index contributed by atoms with van der Waals surface area (Å²) >= 11 is 0. The minimum absolute atomic E-state index is 0.0777. The molecule has 4 saturated carbocycles. The molecule has 11 heteroatoms. The van der Waals surface area contributed by atoms with Crippen LogP contribution in [0.3, 0.4) is 0 Å². The Hall–Kier alpha value is -0.910. The molecule has 3 saturated heterocycles. The van der Waals surface area contributed by atoms with Crippen LogP contribution in [0.2, 0.25) is 0 Å². The van der Waals surface area contributed by atoms with Crippen LogP contribution in [0, 0.1) is 45.8 Å². The van der Waals surface area contributed by atoms with E-state index in [9.17, 15) is 15.5 Å². The molecule has 3 heterocycles. The zero-order valence-electron chi connectivity index (χ0n) is 28.8. The Labute approximate surface area is 273 Å². The van der Waals surface area contributed by atoms with Crippen LogP contribution in [0.25, 0.3) is 0 Å². The van der Waals surface area contributed by atoms with Gasteiger partial charge >= 0.3 is 0 Å². The van der Waals surface area contributed by atoms with Gasteiger partial charge in [0, 0.05) is 37.2 Å². The maximum absolute atomic E-state index is 13.0. The normalized spacial score (nSPS) is 55.3. The van der Waals surface area contributed by atoms with Crippen molar-refractivity contribution in [3.8, 4) is 6.07 Å². The predicted octanol–water partition coefficient (Wildman–Crippen LogP) is 4.03. The van der Waals surface area contributed by atoms with Crippen molar-refractivity contribution in [3.63, 3.8) is 0 Å². The van der Waals surface area contributed by atoms with Gasteiger partial charge < -0.3 is 48.1 Å². The Morgan fingerprint density at radius 1 is 0.935 bits per heavy atom. The van der Waals surface area contributed by atoms with Crippen LogP contribution in [-0.4, -0.2) is 96.4 Å². The first-order chi connectivity index (χ1) is 21.5. The fraction of sp³-hybridized carbons (Fsp3) is 0.971. The topological polar surface area (TPSA) is 138 Å². The second kappa shape index (κ2) is 11.0. The van der Waals surface area contributed by atoms with E-state index in [4.69, 9.17) is 37.9 Å². The van der Waals surface area contributed by atoms with E-state index < -0.39 is 52.1 Å². The van der Waals surface area contributed by atoms with E-state index in [1.807, 2.05) is 34.6 Å². The van der Waals surface area contributed by atoms with E-state index in [-0.39, 0.29) is 61.5 Å². The molecule has 0 radical (unpaired) electrons. The van der Waals surface area contributed by atoms with Crippen molar-refractivity contribution in [2.24, 2.45) is 34.5 Å². The molecule has 46 heavy (non-hydrogen) atoms. The van der Waals surface area contributed by atoms with Crippen LogP contribution < -0.4 is 0 Å². The summed E-state index contributed by atoms with van der Waals surface area (Å²) in [5.41, 5.74) is -3.82. The average Bonchev–Trinajstić information content (AvgIpc) is 3.45. The molecule has 7 rings (SSSR count).